The van der Waals surface area contributed by atoms with E-state index < -0.39 is 6.10 Å². The zero-order valence-electron chi connectivity index (χ0n) is 44.0. The van der Waals surface area contributed by atoms with E-state index in [4.69, 9.17) is 14.2 Å². The third kappa shape index (κ3) is 54.1. The van der Waals surface area contributed by atoms with E-state index in [0.29, 0.717) is 19.3 Å². The SMILES string of the molecule is CC/C=C\C/C=C\C/C=C\C/C=C\C/C=C\CCCCCC(=O)OCC(COC(=O)CCCCCCCC/C=C\C/C=C\C/C=C\CC)OC(=O)CCCCC/C=C\C/C=C\C/C=C\C/C=C\CC. The molecule has 0 radical (unpaired) electrons. The monoisotopic (exact) mass is 951 g/mol. The van der Waals surface area contributed by atoms with Crippen molar-refractivity contribution in [1.29, 1.82) is 0 Å². The quantitative estimate of drug-likeness (QED) is 0.0262. The van der Waals surface area contributed by atoms with Gasteiger partial charge >= 0.3 is 17.9 Å². The summed E-state index contributed by atoms with van der Waals surface area (Å²) in [5.41, 5.74) is 0. The molecule has 0 fully saturated rings. The standard InChI is InChI=1S/C63H98O6/c1-4-7-10-13-16-19-22-25-28-31-32-33-36-38-41-44-47-50-53-56-62(65)68-59-60(69-63(66)57-54-51-48-45-42-39-35-30-27-24-21-18-15-12-9-6-3)58-67-61(64)55-52-49-46-43-40-37-34-29-26-23-20-17-14-11-8-5-2/h7-12,16-21,25-30,32-33,38-39,41-42,60H,4-6,13-15,22-24,31,34-37,40,43-59H2,1-3H3/b10-7-,11-8-,12-9-,19-16-,20-17-,21-18-,28-25-,29-26-,30-27-,33-32-,41-38-,42-39-. The molecule has 0 N–H and O–H groups in total. The first-order valence-corrected chi connectivity index (χ1v) is 27.3. The van der Waals surface area contributed by atoms with Crippen molar-refractivity contribution in [1.82, 2.24) is 0 Å². The van der Waals surface area contributed by atoms with E-state index in [1.165, 1.54) is 12.8 Å². The molecule has 386 valence electrons. The molecule has 0 aliphatic carbocycles. The maximum Gasteiger partial charge on any atom is 0.306 e. The van der Waals surface area contributed by atoms with Crippen molar-refractivity contribution in [3.05, 3.63) is 146 Å². The van der Waals surface area contributed by atoms with Gasteiger partial charge in [0.25, 0.3) is 0 Å². The van der Waals surface area contributed by atoms with Crippen molar-refractivity contribution in [2.75, 3.05) is 13.2 Å². The van der Waals surface area contributed by atoms with E-state index in [2.05, 4.69) is 167 Å². The van der Waals surface area contributed by atoms with E-state index in [-0.39, 0.29) is 37.5 Å². The molecule has 0 aliphatic rings. The predicted molar refractivity (Wildman–Crippen MR) is 297 cm³/mol. The van der Waals surface area contributed by atoms with E-state index in [0.717, 1.165) is 154 Å². The zero-order valence-corrected chi connectivity index (χ0v) is 44.0. The second kappa shape index (κ2) is 55.9. The third-order valence-corrected chi connectivity index (χ3v) is 10.8. The highest BCUT2D eigenvalue weighted by atomic mass is 16.6. The first-order valence-electron chi connectivity index (χ1n) is 27.3. The Labute approximate surface area is 423 Å². The number of ether oxygens (including phenoxy) is 3. The Morgan fingerprint density at radius 1 is 0.290 bits per heavy atom. The highest BCUT2D eigenvalue weighted by Gasteiger charge is 2.19. The van der Waals surface area contributed by atoms with Crippen LogP contribution >= 0.6 is 0 Å². The molecule has 69 heavy (non-hydrogen) atoms. The highest BCUT2D eigenvalue weighted by molar-refractivity contribution is 5.71. The molecule has 0 rings (SSSR count). The Hall–Kier alpha value is -4.71. The van der Waals surface area contributed by atoms with Crippen molar-refractivity contribution in [2.24, 2.45) is 0 Å². The molecule has 0 heterocycles. The second-order valence-corrected chi connectivity index (χ2v) is 17.3. The number of carbonyl (C=O) groups excluding carboxylic acids is 3. The average molecular weight is 951 g/mol. The molecule has 1 atom stereocenters. The summed E-state index contributed by atoms with van der Waals surface area (Å²) < 4.78 is 16.8. The summed E-state index contributed by atoms with van der Waals surface area (Å²) >= 11 is 0. The lowest BCUT2D eigenvalue weighted by atomic mass is 10.1. The van der Waals surface area contributed by atoms with Crippen LogP contribution in [0.3, 0.4) is 0 Å². The predicted octanol–water partition coefficient (Wildman–Crippen LogP) is 18.4. The summed E-state index contributed by atoms with van der Waals surface area (Å²) in [6.07, 6.45) is 79.7. The van der Waals surface area contributed by atoms with Gasteiger partial charge in [0.2, 0.25) is 0 Å². The molecular formula is C63H98O6. The van der Waals surface area contributed by atoms with E-state index >= 15 is 0 Å². The van der Waals surface area contributed by atoms with Gasteiger partial charge in [-0.2, -0.15) is 0 Å². The summed E-state index contributed by atoms with van der Waals surface area (Å²) in [5.74, 6) is -1.00. The van der Waals surface area contributed by atoms with Gasteiger partial charge in [-0.3, -0.25) is 14.4 Å². The number of hydrogen-bond donors (Lipinski definition) is 0. The highest BCUT2D eigenvalue weighted by Crippen LogP contribution is 2.12. The van der Waals surface area contributed by atoms with Crippen LogP contribution in [0, 0.1) is 0 Å². The number of carbonyl (C=O) groups is 3. The zero-order chi connectivity index (χ0) is 50.0. The summed E-state index contributed by atoms with van der Waals surface area (Å²) in [7, 11) is 0. The van der Waals surface area contributed by atoms with Crippen molar-refractivity contribution in [2.45, 2.75) is 219 Å². The van der Waals surface area contributed by atoms with Crippen LogP contribution < -0.4 is 0 Å². The van der Waals surface area contributed by atoms with E-state index in [9.17, 15) is 14.4 Å². The number of allylic oxidation sites excluding steroid dienone is 24. The molecule has 0 aromatic rings. The molecule has 0 aliphatic heterocycles. The summed E-state index contributed by atoms with van der Waals surface area (Å²) in [5, 5.41) is 0. The molecule has 6 nitrogen and oxygen atoms in total. The van der Waals surface area contributed by atoms with Crippen molar-refractivity contribution in [3.63, 3.8) is 0 Å². The molecule has 0 bridgehead atoms. The van der Waals surface area contributed by atoms with Crippen LogP contribution in [0.2, 0.25) is 0 Å². The molecule has 0 spiro atoms. The van der Waals surface area contributed by atoms with Gasteiger partial charge in [0.1, 0.15) is 13.2 Å². The van der Waals surface area contributed by atoms with Crippen LogP contribution in [0.5, 0.6) is 0 Å². The van der Waals surface area contributed by atoms with Gasteiger partial charge < -0.3 is 14.2 Å². The summed E-state index contributed by atoms with van der Waals surface area (Å²) in [6.45, 7) is 6.21. The molecular weight excluding hydrogens is 853 g/mol. The van der Waals surface area contributed by atoms with Crippen LogP contribution in [-0.2, 0) is 28.6 Å². The van der Waals surface area contributed by atoms with Gasteiger partial charge in [0.05, 0.1) is 0 Å². The van der Waals surface area contributed by atoms with Gasteiger partial charge in [-0.05, 0) is 135 Å². The van der Waals surface area contributed by atoms with Crippen LogP contribution in [0.15, 0.2) is 146 Å². The Balaban J connectivity index is 4.55. The normalized spacial score (nSPS) is 13.3. The molecule has 0 aromatic heterocycles. The summed E-state index contributed by atoms with van der Waals surface area (Å²) in [6, 6.07) is 0. The first kappa shape index (κ1) is 64.3. The van der Waals surface area contributed by atoms with Crippen LogP contribution in [-0.4, -0.2) is 37.2 Å². The van der Waals surface area contributed by atoms with E-state index in [1.54, 1.807) is 0 Å². The van der Waals surface area contributed by atoms with Gasteiger partial charge in [-0.1, -0.05) is 205 Å². The van der Waals surface area contributed by atoms with Crippen LogP contribution in [0.1, 0.15) is 213 Å². The molecule has 0 aromatic carbocycles. The topological polar surface area (TPSA) is 78.9 Å². The Bertz CT molecular complexity index is 1560. The molecule has 0 amide bonds. The Kier molecular flexibility index (Phi) is 52.1. The second-order valence-electron chi connectivity index (χ2n) is 17.3. The fraction of sp³-hybridized carbons (Fsp3) is 0.571. The van der Waals surface area contributed by atoms with Crippen molar-refractivity contribution >= 4 is 17.9 Å². The minimum atomic E-state index is -0.821. The van der Waals surface area contributed by atoms with Gasteiger partial charge in [-0.25, -0.2) is 0 Å². The fourth-order valence-corrected chi connectivity index (χ4v) is 6.83. The first-order chi connectivity index (χ1) is 34.0. The van der Waals surface area contributed by atoms with Crippen LogP contribution in [0.25, 0.3) is 0 Å². The van der Waals surface area contributed by atoms with Crippen molar-refractivity contribution < 1.29 is 28.6 Å². The minimum Gasteiger partial charge on any atom is -0.462 e. The average Bonchev–Trinajstić information content (AvgIpc) is 3.35. The number of hydrogen-bond acceptors (Lipinski definition) is 6. The molecule has 0 saturated heterocycles. The van der Waals surface area contributed by atoms with Crippen molar-refractivity contribution in [3.8, 4) is 0 Å². The molecule has 1 unspecified atom stereocenters. The van der Waals surface area contributed by atoms with Gasteiger partial charge in [0.15, 0.2) is 6.10 Å². The number of rotatable bonds is 47. The smallest absolute Gasteiger partial charge is 0.306 e. The maximum absolute atomic E-state index is 12.8. The fourth-order valence-electron chi connectivity index (χ4n) is 6.83. The lowest BCUT2D eigenvalue weighted by Crippen LogP contribution is -2.30. The third-order valence-electron chi connectivity index (χ3n) is 10.8. The van der Waals surface area contributed by atoms with Gasteiger partial charge in [-0.15, -0.1) is 0 Å². The number of unbranched alkanes of at least 4 members (excludes halogenated alkanes) is 12. The Morgan fingerprint density at radius 3 is 0.826 bits per heavy atom. The minimum absolute atomic E-state index is 0.115. The summed E-state index contributed by atoms with van der Waals surface area (Å²) in [4.78, 5) is 38.1. The lowest BCUT2D eigenvalue weighted by Gasteiger charge is -2.18. The molecule has 0 saturated carbocycles. The van der Waals surface area contributed by atoms with E-state index in [1.807, 2.05) is 0 Å². The number of esters is 3. The van der Waals surface area contributed by atoms with Gasteiger partial charge in [0, 0.05) is 19.3 Å². The molecule has 6 heteroatoms. The maximum atomic E-state index is 12.8. The lowest BCUT2D eigenvalue weighted by molar-refractivity contribution is -0.167. The van der Waals surface area contributed by atoms with Crippen LogP contribution in [0.4, 0.5) is 0 Å². The largest absolute Gasteiger partial charge is 0.462 e. The Morgan fingerprint density at radius 2 is 0.522 bits per heavy atom.